The molecule has 0 atom stereocenters. The topological polar surface area (TPSA) is 29.1 Å². The van der Waals surface area contributed by atoms with Gasteiger partial charge >= 0.3 is 0 Å². The molecule has 15 heavy (non-hydrogen) atoms. The van der Waals surface area contributed by atoms with E-state index in [1.807, 2.05) is 30.3 Å². The molecule has 1 aromatic carbocycles. The highest BCUT2D eigenvalue weighted by molar-refractivity contribution is 9.10. The van der Waals surface area contributed by atoms with Gasteiger partial charge in [-0.25, -0.2) is 0 Å². The van der Waals surface area contributed by atoms with E-state index >= 15 is 0 Å². The Kier molecular flexibility index (Phi) is 3.21. The van der Waals surface area contributed by atoms with E-state index < -0.39 is 0 Å². The Morgan fingerprint density at radius 2 is 2.00 bits per heavy atom. The third-order valence-corrected chi connectivity index (χ3v) is 2.75. The van der Waals surface area contributed by atoms with Gasteiger partial charge in [-0.15, -0.1) is 0 Å². The lowest BCUT2D eigenvalue weighted by Crippen LogP contribution is -2.22. The van der Waals surface area contributed by atoms with Crippen LogP contribution >= 0.6 is 15.9 Å². The maximum atomic E-state index is 11.3. The fraction of sp³-hybridized carbons (Fsp3) is 0.250. The Labute approximate surface area is 97.5 Å². The number of carbonyl (C=O) groups is 1. The molecule has 1 aromatic rings. The van der Waals surface area contributed by atoms with E-state index in [0.29, 0.717) is 6.04 Å². The van der Waals surface area contributed by atoms with Crippen molar-refractivity contribution in [1.29, 1.82) is 0 Å². The van der Waals surface area contributed by atoms with Gasteiger partial charge < -0.3 is 5.32 Å². The zero-order chi connectivity index (χ0) is 10.7. The molecule has 0 aromatic heterocycles. The molecule has 0 heterocycles. The van der Waals surface area contributed by atoms with Crippen molar-refractivity contribution in [2.24, 2.45) is 0 Å². The van der Waals surface area contributed by atoms with Crippen LogP contribution in [0.5, 0.6) is 0 Å². The molecule has 2 rings (SSSR count). The predicted octanol–water partition coefficient (Wildman–Crippen LogP) is 2.74. The van der Waals surface area contributed by atoms with Crippen LogP contribution in [-0.2, 0) is 4.79 Å². The third kappa shape index (κ3) is 3.51. The van der Waals surface area contributed by atoms with Crippen LogP contribution in [0.25, 0.3) is 6.08 Å². The Balaban J connectivity index is 1.91. The van der Waals surface area contributed by atoms with E-state index in [-0.39, 0.29) is 5.91 Å². The molecule has 0 radical (unpaired) electrons. The number of hydrogen-bond donors (Lipinski definition) is 1. The maximum absolute atomic E-state index is 11.3. The van der Waals surface area contributed by atoms with E-state index in [4.69, 9.17) is 0 Å². The largest absolute Gasteiger partial charge is 0.350 e. The molecule has 0 spiro atoms. The number of hydrogen-bond acceptors (Lipinski definition) is 1. The molecule has 3 heteroatoms. The monoisotopic (exact) mass is 265 g/mol. The number of rotatable bonds is 3. The predicted molar refractivity (Wildman–Crippen MR) is 64.3 cm³/mol. The van der Waals surface area contributed by atoms with Crippen LogP contribution in [0.1, 0.15) is 18.4 Å². The summed E-state index contributed by atoms with van der Waals surface area (Å²) < 4.78 is 1.04. The van der Waals surface area contributed by atoms with Crippen LogP contribution in [0, 0.1) is 0 Å². The summed E-state index contributed by atoms with van der Waals surface area (Å²) in [6, 6.07) is 8.26. The van der Waals surface area contributed by atoms with Gasteiger partial charge in [-0.3, -0.25) is 4.79 Å². The Hall–Kier alpha value is -1.09. The van der Waals surface area contributed by atoms with Crippen LogP contribution in [-0.4, -0.2) is 11.9 Å². The second-order valence-electron chi connectivity index (χ2n) is 3.67. The van der Waals surface area contributed by atoms with Gasteiger partial charge in [0, 0.05) is 16.6 Å². The van der Waals surface area contributed by atoms with E-state index in [1.54, 1.807) is 6.08 Å². The molecule has 0 bridgehead atoms. The Morgan fingerprint density at radius 1 is 1.33 bits per heavy atom. The highest BCUT2D eigenvalue weighted by Crippen LogP contribution is 2.18. The first-order valence-electron chi connectivity index (χ1n) is 4.98. The van der Waals surface area contributed by atoms with E-state index in [2.05, 4.69) is 21.2 Å². The van der Waals surface area contributed by atoms with Gasteiger partial charge in [-0.05, 0) is 36.6 Å². The van der Waals surface area contributed by atoms with Crippen molar-refractivity contribution in [3.8, 4) is 0 Å². The number of benzene rings is 1. The minimum Gasteiger partial charge on any atom is -0.350 e. The van der Waals surface area contributed by atoms with Gasteiger partial charge in [0.15, 0.2) is 0 Å². The molecule has 78 valence electrons. The summed E-state index contributed by atoms with van der Waals surface area (Å²) >= 11 is 3.36. The molecule has 2 nitrogen and oxygen atoms in total. The molecule has 1 saturated carbocycles. The molecule has 1 N–H and O–H groups in total. The second-order valence-corrected chi connectivity index (χ2v) is 4.58. The van der Waals surface area contributed by atoms with Crippen molar-refractivity contribution in [1.82, 2.24) is 5.32 Å². The normalized spacial score (nSPS) is 15.5. The maximum Gasteiger partial charge on any atom is 0.244 e. The SMILES string of the molecule is O=C(/C=C/c1ccc(Br)cc1)NC1CC1. The average molecular weight is 266 g/mol. The zero-order valence-electron chi connectivity index (χ0n) is 8.24. The lowest BCUT2D eigenvalue weighted by molar-refractivity contribution is -0.116. The lowest BCUT2D eigenvalue weighted by Gasteiger charge is -1.97. The molecule has 1 fully saturated rings. The quantitative estimate of drug-likeness (QED) is 0.837. The van der Waals surface area contributed by atoms with Crippen LogP contribution in [0.4, 0.5) is 0 Å². The molecule has 1 aliphatic carbocycles. The van der Waals surface area contributed by atoms with Gasteiger partial charge in [-0.1, -0.05) is 28.1 Å². The molecule has 0 aliphatic heterocycles. The van der Waals surface area contributed by atoms with Crippen molar-refractivity contribution in [2.75, 3.05) is 0 Å². The van der Waals surface area contributed by atoms with E-state index in [9.17, 15) is 4.79 Å². The summed E-state index contributed by atoms with van der Waals surface area (Å²) in [7, 11) is 0. The molecule has 0 unspecified atom stereocenters. The summed E-state index contributed by atoms with van der Waals surface area (Å²) in [5, 5.41) is 2.90. The summed E-state index contributed by atoms with van der Waals surface area (Å²) in [6.07, 6.45) is 5.65. The van der Waals surface area contributed by atoms with Crippen LogP contribution in [0.2, 0.25) is 0 Å². The number of nitrogens with one attached hydrogen (secondary N) is 1. The van der Waals surface area contributed by atoms with Crippen molar-refractivity contribution in [3.05, 3.63) is 40.4 Å². The summed E-state index contributed by atoms with van der Waals surface area (Å²) in [5.74, 6) is 0.000388. The molecule has 0 saturated heterocycles. The highest BCUT2D eigenvalue weighted by atomic mass is 79.9. The minimum atomic E-state index is 0.000388. The van der Waals surface area contributed by atoms with Crippen LogP contribution in [0.15, 0.2) is 34.8 Å². The van der Waals surface area contributed by atoms with Crippen molar-refractivity contribution < 1.29 is 4.79 Å². The fourth-order valence-corrected chi connectivity index (χ4v) is 1.49. The summed E-state index contributed by atoms with van der Waals surface area (Å²) in [6.45, 7) is 0. The van der Waals surface area contributed by atoms with Gasteiger partial charge in [0.1, 0.15) is 0 Å². The van der Waals surface area contributed by atoms with Gasteiger partial charge in [-0.2, -0.15) is 0 Å². The Morgan fingerprint density at radius 3 is 2.60 bits per heavy atom. The van der Waals surface area contributed by atoms with E-state index in [0.717, 1.165) is 22.9 Å². The highest BCUT2D eigenvalue weighted by Gasteiger charge is 2.21. The lowest BCUT2D eigenvalue weighted by atomic mass is 10.2. The second kappa shape index (κ2) is 4.62. The third-order valence-electron chi connectivity index (χ3n) is 2.22. The summed E-state index contributed by atoms with van der Waals surface area (Å²) in [4.78, 5) is 11.3. The van der Waals surface area contributed by atoms with Crippen LogP contribution < -0.4 is 5.32 Å². The van der Waals surface area contributed by atoms with Gasteiger partial charge in [0.2, 0.25) is 5.91 Å². The van der Waals surface area contributed by atoms with Crippen molar-refractivity contribution >= 4 is 27.9 Å². The molecular formula is C12H12BrNO. The van der Waals surface area contributed by atoms with Crippen molar-refractivity contribution in [3.63, 3.8) is 0 Å². The number of amides is 1. The molecule has 1 aliphatic rings. The van der Waals surface area contributed by atoms with Crippen molar-refractivity contribution in [2.45, 2.75) is 18.9 Å². The number of halogens is 1. The minimum absolute atomic E-state index is 0.000388. The number of carbonyl (C=O) groups excluding carboxylic acids is 1. The van der Waals surface area contributed by atoms with Crippen LogP contribution in [0.3, 0.4) is 0 Å². The summed E-state index contributed by atoms with van der Waals surface area (Å²) in [5.41, 5.74) is 1.03. The Bertz CT molecular complexity index is 379. The standard InChI is InChI=1S/C12H12BrNO/c13-10-4-1-9(2-5-10)3-8-12(15)14-11-6-7-11/h1-5,8,11H,6-7H2,(H,14,15)/b8-3+. The first-order valence-corrected chi connectivity index (χ1v) is 5.77. The van der Waals surface area contributed by atoms with Gasteiger partial charge in [0.25, 0.3) is 0 Å². The average Bonchev–Trinajstić information content (AvgIpc) is 3.01. The molecular weight excluding hydrogens is 254 g/mol. The molecule has 1 amide bonds. The fourth-order valence-electron chi connectivity index (χ4n) is 1.22. The zero-order valence-corrected chi connectivity index (χ0v) is 9.83. The van der Waals surface area contributed by atoms with E-state index in [1.165, 1.54) is 0 Å². The first kappa shape index (κ1) is 10.4. The van der Waals surface area contributed by atoms with Gasteiger partial charge in [0.05, 0.1) is 0 Å². The smallest absolute Gasteiger partial charge is 0.244 e. The first-order chi connectivity index (χ1) is 7.24.